The van der Waals surface area contributed by atoms with Gasteiger partial charge < -0.3 is 19.8 Å². The summed E-state index contributed by atoms with van der Waals surface area (Å²) in [4.78, 5) is 9.82. The number of benzene rings is 1. The van der Waals surface area contributed by atoms with Crippen LogP contribution in [0.15, 0.2) is 30.6 Å². The summed E-state index contributed by atoms with van der Waals surface area (Å²) in [6.45, 7) is 3.83. The van der Waals surface area contributed by atoms with Gasteiger partial charge in [-0.3, -0.25) is 4.90 Å². The van der Waals surface area contributed by atoms with E-state index in [-0.39, 0.29) is 0 Å². The second-order valence-electron chi connectivity index (χ2n) is 5.86. The number of methoxy groups -OCH3 is 2. The highest BCUT2D eigenvalue weighted by Gasteiger charge is 2.22. The lowest BCUT2D eigenvalue weighted by atomic mass is 10.2. The highest BCUT2D eigenvalue weighted by Crippen LogP contribution is 2.24. The summed E-state index contributed by atoms with van der Waals surface area (Å²) in [5.41, 5.74) is 1.22. The Kier molecular flexibility index (Phi) is 5.15. The molecule has 23 heavy (non-hydrogen) atoms. The molecule has 6 heteroatoms. The molecule has 1 aromatic heterocycles. The van der Waals surface area contributed by atoms with Crippen molar-refractivity contribution >= 4 is 0 Å². The van der Waals surface area contributed by atoms with E-state index in [1.54, 1.807) is 20.4 Å². The highest BCUT2D eigenvalue weighted by molar-refractivity contribution is 5.38. The van der Waals surface area contributed by atoms with Crippen molar-refractivity contribution < 1.29 is 9.47 Å². The van der Waals surface area contributed by atoms with Gasteiger partial charge in [0.2, 0.25) is 0 Å². The average Bonchev–Trinajstić information content (AvgIpc) is 3.24. The number of aromatic amines is 1. The summed E-state index contributed by atoms with van der Waals surface area (Å²) >= 11 is 0. The zero-order valence-corrected chi connectivity index (χ0v) is 13.7. The summed E-state index contributed by atoms with van der Waals surface area (Å²) in [6, 6.07) is 6.56. The molecular weight excluding hydrogens is 292 g/mol. The van der Waals surface area contributed by atoms with Gasteiger partial charge in [-0.15, -0.1) is 0 Å². The Bertz CT molecular complexity index is 593. The molecule has 0 unspecified atom stereocenters. The molecule has 3 rings (SSSR count). The maximum absolute atomic E-state index is 5.34. The minimum atomic E-state index is 0.507. The Morgan fingerprint density at radius 1 is 1.26 bits per heavy atom. The fourth-order valence-electron chi connectivity index (χ4n) is 2.99. The third-order valence-corrected chi connectivity index (χ3v) is 4.20. The Labute approximate surface area is 136 Å². The zero-order valence-electron chi connectivity index (χ0n) is 13.7. The molecule has 1 saturated heterocycles. The van der Waals surface area contributed by atoms with Gasteiger partial charge in [-0.05, 0) is 24.1 Å². The number of nitrogens with zero attached hydrogens (tertiary/aromatic N) is 2. The predicted molar refractivity (Wildman–Crippen MR) is 88.7 cm³/mol. The van der Waals surface area contributed by atoms with E-state index in [2.05, 4.69) is 32.3 Å². The average molecular weight is 316 g/mol. The minimum absolute atomic E-state index is 0.507. The third kappa shape index (κ3) is 4.24. The predicted octanol–water partition coefficient (Wildman–Crippen LogP) is 1.79. The fraction of sp³-hybridized carbons (Fsp3) is 0.471. The van der Waals surface area contributed by atoms with Crippen molar-refractivity contribution in [2.75, 3.05) is 27.3 Å². The first kappa shape index (κ1) is 15.8. The first-order valence-electron chi connectivity index (χ1n) is 7.93. The molecule has 0 saturated carbocycles. The molecule has 6 nitrogen and oxygen atoms in total. The van der Waals surface area contributed by atoms with E-state index >= 15 is 0 Å². The van der Waals surface area contributed by atoms with Crippen molar-refractivity contribution in [1.29, 1.82) is 0 Å². The first-order chi connectivity index (χ1) is 11.3. The molecule has 1 fully saturated rings. The standard InChI is InChI=1S/C17H24N4O2/c1-22-15-7-13(8-16(9-15)23-2)11-21-6-3-14(12-21)20-10-17-18-4-5-19-17/h4-5,7-9,14,20H,3,6,10-12H2,1-2H3,(H,18,19)/t14-/m1/s1. The van der Waals surface area contributed by atoms with Gasteiger partial charge in [-0.1, -0.05) is 0 Å². The van der Waals surface area contributed by atoms with Crippen LogP contribution >= 0.6 is 0 Å². The summed E-state index contributed by atoms with van der Waals surface area (Å²) in [5.74, 6) is 2.66. The fourth-order valence-corrected chi connectivity index (χ4v) is 2.99. The molecule has 1 atom stereocenters. The Balaban J connectivity index is 1.53. The van der Waals surface area contributed by atoms with Gasteiger partial charge in [0.25, 0.3) is 0 Å². The van der Waals surface area contributed by atoms with Crippen LogP contribution in [-0.2, 0) is 13.1 Å². The van der Waals surface area contributed by atoms with Crippen molar-refractivity contribution in [3.63, 3.8) is 0 Å². The molecule has 1 aromatic carbocycles. The number of aromatic nitrogens is 2. The minimum Gasteiger partial charge on any atom is -0.497 e. The molecule has 0 amide bonds. The summed E-state index contributed by atoms with van der Waals surface area (Å²) in [6.07, 6.45) is 4.80. The number of ether oxygens (including phenoxy) is 2. The van der Waals surface area contributed by atoms with E-state index in [0.29, 0.717) is 6.04 Å². The molecule has 2 N–H and O–H groups in total. The van der Waals surface area contributed by atoms with E-state index in [4.69, 9.17) is 9.47 Å². The van der Waals surface area contributed by atoms with Crippen LogP contribution in [0.5, 0.6) is 11.5 Å². The quantitative estimate of drug-likeness (QED) is 0.815. The smallest absolute Gasteiger partial charge is 0.122 e. The van der Waals surface area contributed by atoms with Gasteiger partial charge in [-0.25, -0.2) is 4.98 Å². The maximum atomic E-state index is 5.34. The molecule has 0 spiro atoms. The second kappa shape index (κ2) is 7.48. The Morgan fingerprint density at radius 3 is 2.70 bits per heavy atom. The number of nitrogens with one attached hydrogen (secondary N) is 2. The van der Waals surface area contributed by atoms with Crippen molar-refractivity contribution in [3.8, 4) is 11.5 Å². The van der Waals surface area contributed by atoms with Gasteiger partial charge >= 0.3 is 0 Å². The summed E-state index contributed by atoms with van der Waals surface area (Å²) in [7, 11) is 3.37. The number of likely N-dealkylation sites (tertiary alicyclic amines) is 1. The Morgan fingerprint density at radius 2 is 2.04 bits per heavy atom. The lowest BCUT2D eigenvalue weighted by molar-refractivity contribution is 0.317. The summed E-state index contributed by atoms with van der Waals surface area (Å²) in [5, 5.41) is 3.56. The topological polar surface area (TPSA) is 62.4 Å². The van der Waals surface area contributed by atoms with Crippen molar-refractivity contribution in [2.24, 2.45) is 0 Å². The lowest BCUT2D eigenvalue weighted by Crippen LogP contribution is -2.32. The van der Waals surface area contributed by atoms with E-state index in [0.717, 1.165) is 49.9 Å². The van der Waals surface area contributed by atoms with Gasteiger partial charge in [0.15, 0.2) is 0 Å². The largest absolute Gasteiger partial charge is 0.497 e. The van der Waals surface area contributed by atoms with Gasteiger partial charge in [-0.2, -0.15) is 0 Å². The molecular formula is C17H24N4O2. The molecule has 124 valence electrons. The van der Waals surface area contributed by atoms with Crippen molar-refractivity contribution in [1.82, 2.24) is 20.2 Å². The molecule has 1 aliphatic rings. The van der Waals surface area contributed by atoms with Gasteiger partial charge in [0, 0.05) is 44.1 Å². The van der Waals surface area contributed by atoms with Crippen LogP contribution in [0, 0.1) is 0 Å². The number of hydrogen-bond donors (Lipinski definition) is 2. The van der Waals surface area contributed by atoms with Crippen molar-refractivity contribution in [3.05, 3.63) is 42.0 Å². The Hall–Kier alpha value is -2.05. The lowest BCUT2D eigenvalue weighted by Gasteiger charge is -2.17. The normalized spacial score (nSPS) is 18.3. The van der Waals surface area contributed by atoms with Crippen LogP contribution in [0.25, 0.3) is 0 Å². The van der Waals surface area contributed by atoms with E-state index in [1.165, 1.54) is 5.56 Å². The highest BCUT2D eigenvalue weighted by atomic mass is 16.5. The van der Waals surface area contributed by atoms with Crippen LogP contribution in [-0.4, -0.2) is 48.2 Å². The van der Waals surface area contributed by atoms with Crippen LogP contribution in [0.1, 0.15) is 17.8 Å². The monoisotopic (exact) mass is 316 g/mol. The molecule has 0 aliphatic carbocycles. The van der Waals surface area contributed by atoms with Crippen LogP contribution in [0.2, 0.25) is 0 Å². The van der Waals surface area contributed by atoms with Crippen molar-refractivity contribution in [2.45, 2.75) is 25.6 Å². The maximum Gasteiger partial charge on any atom is 0.122 e. The second-order valence-corrected chi connectivity index (χ2v) is 5.86. The molecule has 0 bridgehead atoms. The van der Waals surface area contributed by atoms with E-state index in [1.807, 2.05) is 12.3 Å². The zero-order chi connectivity index (χ0) is 16.1. The number of imidazole rings is 1. The van der Waals surface area contributed by atoms with Crippen LogP contribution < -0.4 is 14.8 Å². The van der Waals surface area contributed by atoms with E-state index < -0.39 is 0 Å². The first-order valence-corrected chi connectivity index (χ1v) is 7.93. The van der Waals surface area contributed by atoms with E-state index in [9.17, 15) is 0 Å². The third-order valence-electron chi connectivity index (χ3n) is 4.20. The van der Waals surface area contributed by atoms with Crippen LogP contribution in [0.3, 0.4) is 0 Å². The molecule has 2 heterocycles. The number of H-pyrrole nitrogens is 1. The summed E-state index contributed by atoms with van der Waals surface area (Å²) < 4.78 is 10.7. The number of rotatable bonds is 7. The van der Waals surface area contributed by atoms with Crippen LogP contribution in [0.4, 0.5) is 0 Å². The SMILES string of the molecule is COc1cc(CN2CC[C@@H](NCc3ncc[nH]3)C2)cc(OC)c1. The molecule has 1 aliphatic heterocycles. The molecule has 2 aromatic rings. The van der Waals surface area contributed by atoms with Gasteiger partial charge in [0.05, 0.1) is 20.8 Å². The van der Waals surface area contributed by atoms with Gasteiger partial charge in [0.1, 0.15) is 17.3 Å². The molecule has 0 radical (unpaired) electrons. The number of hydrogen-bond acceptors (Lipinski definition) is 5.